The highest BCUT2D eigenvalue weighted by Gasteiger charge is 2.23. The van der Waals surface area contributed by atoms with E-state index < -0.39 is 0 Å². The largest absolute Gasteiger partial charge is 0.457 e. The number of hydrogen-bond acceptors (Lipinski definition) is 4. The molecule has 6 heteroatoms. The Bertz CT molecular complexity index is 1310. The fourth-order valence-corrected chi connectivity index (χ4v) is 4.00. The number of amides is 1. The Balaban J connectivity index is 1.26. The second-order valence-corrected chi connectivity index (χ2v) is 7.82. The van der Waals surface area contributed by atoms with E-state index in [-0.39, 0.29) is 11.5 Å². The first kappa shape index (κ1) is 19.9. The summed E-state index contributed by atoms with van der Waals surface area (Å²) in [5, 5.41) is 1.000. The molecule has 0 atom stereocenters. The van der Waals surface area contributed by atoms with Crippen LogP contribution in [0.2, 0.25) is 0 Å². The molecule has 0 radical (unpaired) electrons. The molecule has 0 unspecified atom stereocenters. The van der Waals surface area contributed by atoms with Gasteiger partial charge in [0.05, 0.1) is 5.52 Å². The maximum absolute atomic E-state index is 13.1. The molecule has 1 aliphatic rings. The summed E-state index contributed by atoms with van der Waals surface area (Å²) in [6, 6.07) is 26.3. The molecule has 1 saturated heterocycles. The van der Waals surface area contributed by atoms with E-state index in [0.29, 0.717) is 24.4 Å². The minimum atomic E-state index is -0.108. The quantitative estimate of drug-likeness (QED) is 0.530. The SMILES string of the molecule is O=C(c1cccc(Oc2ccccc2)c1)N1CCN(c2ccc3ccc(=O)[nH]c3c2)CC1. The molecule has 1 aromatic heterocycles. The van der Waals surface area contributed by atoms with Crippen molar-refractivity contribution in [3.05, 3.63) is 101 Å². The summed E-state index contributed by atoms with van der Waals surface area (Å²) < 4.78 is 5.87. The zero-order valence-electron chi connectivity index (χ0n) is 17.5. The van der Waals surface area contributed by atoms with Crippen molar-refractivity contribution in [1.29, 1.82) is 0 Å². The lowest BCUT2D eigenvalue weighted by Gasteiger charge is -2.36. The van der Waals surface area contributed by atoms with Crippen LogP contribution >= 0.6 is 0 Å². The average Bonchev–Trinajstić information content (AvgIpc) is 2.84. The number of para-hydroxylation sites is 1. The molecule has 5 rings (SSSR count). The molecular formula is C26H23N3O3. The summed E-state index contributed by atoms with van der Waals surface area (Å²) in [6.45, 7) is 2.72. The first-order chi connectivity index (χ1) is 15.7. The number of nitrogens with zero attached hydrogens (tertiary/aromatic N) is 2. The molecule has 6 nitrogen and oxygen atoms in total. The van der Waals surface area contributed by atoms with Crippen molar-refractivity contribution in [3.63, 3.8) is 0 Å². The highest BCUT2D eigenvalue weighted by Crippen LogP contribution is 2.24. The lowest BCUT2D eigenvalue weighted by Crippen LogP contribution is -2.48. The van der Waals surface area contributed by atoms with Crippen LogP contribution in [0, 0.1) is 0 Å². The van der Waals surface area contributed by atoms with Gasteiger partial charge in [0.2, 0.25) is 5.56 Å². The summed E-state index contributed by atoms with van der Waals surface area (Å²) in [4.78, 5) is 31.7. The van der Waals surface area contributed by atoms with E-state index in [1.165, 1.54) is 6.07 Å². The van der Waals surface area contributed by atoms with Crippen LogP contribution in [0.1, 0.15) is 10.4 Å². The third-order valence-electron chi connectivity index (χ3n) is 5.70. The predicted octanol–water partition coefficient (Wildman–Crippen LogP) is 4.28. The van der Waals surface area contributed by atoms with E-state index in [1.54, 1.807) is 6.07 Å². The molecule has 1 amide bonds. The Morgan fingerprint density at radius 2 is 1.53 bits per heavy atom. The van der Waals surface area contributed by atoms with Crippen molar-refractivity contribution < 1.29 is 9.53 Å². The smallest absolute Gasteiger partial charge is 0.254 e. The number of aromatic amines is 1. The van der Waals surface area contributed by atoms with Crippen molar-refractivity contribution in [3.8, 4) is 11.5 Å². The van der Waals surface area contributed by atoms with Crippen molar-refractivity contribution in [1.82, 2.24) is 9.88 Å². The van der Waals surface area contributed by atoms with Gasteiger partial charge in [-0.3, -0.25) is 9.59 Å². The molecule has 160 valence electrons. The van der Waals surface area contributed by atoms with Crippen molar-refractivity contribution in [2.24, 2.45) is 0 Å². The normalized spacial score (nSPS) is 13.9. The van der Waals surface area contributed by atoms with Gasteiger partial charge in [0, 0.05) is 43.5 Å². The Kier molecular flexibility index (Phi) is 5.34. The van der Waals surface area contributed by atoms with Crippen LogP contribution in [0.15, 0.2) is 89.7 Å². The minimum absolute atomic E-state index is 0.00556. The number of benzene rings is 3. The number of H-pyrrole nitrogens is 1. The highest BCUT2D eigenvalue weighted by molar-refractivity contribution is 5.94. The molecule has 0 bridgehead atoms. The number of ether oxygens (including phenoxy) is 1. The molecule has 4 aromatic rings. The Morgan fingerprint density at radius 1 is 0.781 bits per heavy atom. The Hall–Kier alpha value is -4.06. The molecule has 1 N–H and O–H groups in total. The van der Waals surface area contributed by atoms with E-state index in [9.17, 15) is 9.59 Å². The number of rotatable bonds is 4. The van der Waals surface area contributed by atoms with Crippen LogP contribution in [-0.4, -0.2) is 42.0 Å². The van der Waals surface area contributed by atoms with Gasteiger partial charge in [-0.2, -0.15) is 0 Å². The van der Waals surface area contributed by atoms with Gasteiger partial charge < -0.3 is 19.5 Å². The third kappa shape index (κ3) is 4.21. The standard InChI is InChI=1S/C26H23N3O3/c30-25-12-10-19-9-11-21(18-24(19)27-25)28-13-15-29(16-14-28)26(31)20-5-4-8-23(17-20)32-22-6-2-1-3-7-22/h1-12,17-18H,13-16H2,(H,27,30). The number of nitrogens with one attached hydrogen (secondary N) is 1. The van der Waals surface area contributed by atoms with Gasteiger partial charge in [-0.25, -0.2) is 0 Å². The summed E-state index contributed by atoms with van der Waals surface area (Å²) in [6.07, 6.45) is 0. The third-order valence-corrected chi connectivity index (χ3v) is 5.70. The van der Waals surface area contributed by atoms with Gasteiger partial charge in [-0.1, -0.05) is 30.3 Å². The Morgan fingerprint density at radius 3 is 2.34 bits per heavy atom. The molecule has 1 aliphatic heterocycles. The number of fused-ring (bicyclic) bond motifs is 1. The fourth-order valence-electron chi connectivity index (χ4n) is 4.00. The molecule has 1 fully saturated rings. The van der Waals surface area contributed by atoms with Gasteiger partial charge in [0.25, 0.3) is 5.91 Å². The number of hydrogen-bond donors (Lipinski definition) is 1. The molecule has 0 aliphatic carbocycles. The van der Waals surface area contributed by atoms with Crippen LogP contribution in [0.5, 0.6) is 11.5 Å². The van der Waals surface area contributed by atoms with Gasteiger partial charge in [0.15, 0.2) is 0 Å². The second kappa shape index (κ2) is 8.59. The van der Waals surface area contributed by atoms with Crippen LogP contribution in [0.3, 0.4) is 0 Å². The fraction of sp³-hybridized carbons (Fsp3) is 0.154. The zero-order valence-corrected chi connectivity index (χ0v) is 17.5. The highest BCUT2D eigenvalue weighted by atomic mass is 16.5. The van der Waals surface area contributed by atoms with Crippen molar-refractivity contribution in [2.45, 2.75) is 0 Å². The monoisotopic (exact) mass is 425 g/mol. The maximum atomic E-state index is 13.1. The lowest BCUT2D eigenvalue weighted by atomic mass is 10.1. The second-order valence-electron chi connectivity index (χ2n) is 7.82. The molecular weight excluding hydrogens is 402 g/mol. The number of pyridine rings is 1. The summed E-state index contributed by atoms with van der Waals surface area (Å²) >= 11 is 0. The average molecular weight is 425 g/mol. The van der Waals surface area contributed by atoms with Crippen molar-refractivity contribution >= 4 is 22.5 Å². The van der Waals surface area contributed by atoms with Crippen LogP contribution in [0.25, 0.3) is 10.9 Å². The first-order valence-corrected chi connectivity index (χ1v) is 10.7. The van der Waals surface area contributed by atoms with E-state index in [0.717, 1.165) is 35.4 Å². The van der Waals surface area contributed by atoms with Crippen LogP contribution in [-0.2, 0) is 0 Å². The number of aromatic nitrogens is 1. The van der Waals surface area contributed by atoms with Gasteiger partial charge in [-0.05, 0) is 53.9 Å². The molecule has 32 heavy (non-hydrogen) atoms. The van der Waals surface area contributed by atoms with E-state index in [2.05, 4.69) is 16.0 Å². The molecule has 2 heterocycles. The summed E-state index contributed by atoms with van der Waals surface area (Å²) in [5.74, 6) is 1.39. The van der Waals surface area contributed by atoms with Gasteiger partial charge in [-0.15, -0.1) is 0 Å². The summed E-state index contributed by atoms with van der Waals surface area (Å²) in [7, 11) is 0. The van der Waals surface area contributed by atoms with Gasteiger partial charge >= 0.3 is 0 Å². The molecule has 0 saturated carbocycles. The van der Waals surface area contributed by atoms with E-state index in [1.807, 2.05) is 71.6 Å². The topological polar surface area (TPSA) is 65.6 Å². The lowest BCUT2D eigenvalue weighted by molar-refractivity contribution is 0.0746. The van der Waals surface area contributed by atoms with Crippen LogP contribution in [0.4, 0.5) is 5.69 Å². The molecule has 3 aromatic carbocycles. The Labute approximate surface area is 185 Å². The number of anilines is 1. The van der Waals surface area contributed by atoms with Crippen molar-refractivity contribution in [2.75, 3.05) is 31.1 Å². The minimum Gasteiger partial charge on any atom is -0.457 e. The first-order valence-electron chi connectivity index (χ1n) is 10.7. The number of piperazine rings is 1. The van der Waals surface area contributed by atoms with Crippen LogP contribution < -0.4 is 15.2 Å². The maximum Gasteiger partial charge on any atom is 0.254 e. The predicted molar refractivity (Wildman–Crippen MR) is 126 cm³/mol. The number of carbonyl (C=O) groups excluding carboxylic acids is 1. The van der Waals surface area contributed by atoms with E-state index >= 15 is 0 Å². The molecule has 0 spiro atoms. The zero-order chi connectivity index (χ0) is 21.9. The summed E-state index contributed by atoms with van der Waals surface area (Å²) in [5.41, 5.74) is 2.38. The van der Waals surface area contributed by atoms with Gasteiger partial charge in [0.1, 0.15) is 11.5 Å². The number of carbonyl (C=O) groups is 1. The van der Waals surface area contributed by atoms with E-state index in [4.69, 9.17) is 4.74 Å².